The van der Waals surface area contributed by atoms with E-state index < -0.39 is 5.69 Å². The molecule has 76 valence electrons. The highest BCUT2D eigenvalue weighted by atomic mass is 16.2. The molecule has 5 heteroatoms. The Bertz CT molecular complexity index is 372. The van der Waals surface area contributed by atoms with Crippen LogP contribution in [0.1, 0.15) is 6.92 Å². The van der Waals surface area contributed by atoms with Gasteiger partial charge in [0.1, 0.15) is 6.54 Å². The molecule has 0 saturated carbocycles. The van der Waals surface area contributed by atoms with E-state index in [9.17, 15) is 9.59 Å². The molecule has 5 nitrogen and oxygen atoms in total. The van der Waals surface area contributed by atoms with Crippen LogP contribution in [0.15, 0.2) is 23.3 Å². The van der Waals surface area contributed by atoms with Crippen LogP contribution in [0.3, 0.4) is 0 Å². The van der Waals surface area contributed by atoms with Crippen LogP contribution in [0.25, 0.3) is 0 Å². The highest BCUT2D eigenvalue weighted by Gasteiger charge is 2.07. The number of nitrogens with zero attached hydrogens (tertiary/aromatic N) is 3. The summed E-state index contributed by atoms with van der Waals surface area (Å²) in [4.78, 5) is 27.7. The van der Waals surface area contributed by atoms with Crippen LogP contribution in [0.5, 0.6) is 0 Å². The summed E-state index contributed by atoms with van der Waals surface area (Å²) < 4.78 is 1.29. The molecule has 0 aliphatic rings. The predicted octanol–water partition coefficient (Wildman–Crippen LogP) is -0.278. The van der Waals surface area contributed by atoms with E-state index in [0.29, 0.717) is 6.54 Å². The highest BCUT2D eigenvalue weighted by molar-refractivity contribution is 5.75. The van der Waals surface area contributed by atoms with Gasteiger partial charge in [0, 0.05) is 26.0 Å². The van der Waals surface area contributed by atoms with Crippen molar-refractivity contribution in [2.75, 3.05) is 13.6 Å². The lowest BCUT2D eigenvalue weighted by molar-refractivity contribution is -0.130. The van der Waals surface area contributed by atoms with Crippen molar-refractivity contribution in [1.29, 1.82) is 0 Å². The smallest absolute Gasteiger partial charge is 0.344 e. The number of amides is 1. The minimum Gasteiger partial charge on any atom is -0.344 e. The average molecular weight is 195 g/mol. The Balaban J connectivity index is 2.75. The van der Waals surface area contributed by atoms with Crippen LogP contribution in [0, 0.1) is 0 Å². The third kappa shape index (κ3) is 2.42. The van der Waals surface area contributed by atoms with Gasteiger partial charge in [-0.05, 0) is 13.0 Å². The summed E-state index contributed by atoms with van der Waals surface area (Å²) in [7, 11) is 1.70. The lowest BCUT2D eigenvalue weighted by Crippen LogP contribution is -2.34. The van der Waals surface area contributed by atoms with Crippen molar-refractivity contribution < 1.29 is 4.79 Å². The van der Waals surface area contributed by atoms with Gasteiger partial charge in [-0.2, -0.15) is 0 Å². The molecule has 0 spiro atoms. The maximum absolute atomic E-state index is 11.4. The quantitative estimate of drug-likeness (QED) is 0.666. The molecule has 0 radical (unpaired) electrons. The molecule has 0 bridgehead atoms. The summed E-state index contributed by atoms with van der Waals surface area (Å²) in [6.45, 7) is 2.56. The van der Waals surface area contributed by atoms with Crippen molar-refractivity contribution in [3.63, 3.8) is 0 Å². The van der Waals surface area contributed by atoms with Gasteiger partial charge in [0.05, 0.1) is 0 Å². The first-order chi connectivity index (χ1) is 6.65. The van der Waals surface area contributed by atoms with E-state index in [2.05, 4.69) is 4.98 Å². The molecule has 0 fully saturated rings. The van der Waals surface area contributed by atoms with Gasteiger partial charge in [-0.15, -0.1) is 0 Å². The standard InChI is InChI=1S/C9H13N3O2/c1-3-11(2)8(13)7-12-6-4-5-10-9(12)14/h4-6H,3,7H2,1-2H3. The van der Waals surface area contributed by atoms with Crippen molar-refractivity contribution >= 4 is 5.91 Å². The molecule has 0 saturated heterocycles. The first-order valence-corrected chi connectivity index (χ1v) is 4.40. The van der Waals surface area contributed by atoms with Gasteiger partial charge in [0.25, 0.3) is 0 Å². The Morgan fingerprint density at radius 3 is 2.93 bits per heavy atom. The summed E-state index contributed by atoms with van der Waals surface area (Å²) >= 11 is 0. The third-order valence-corrected chi connectivity index (χ3v) is 1.99. The average Bonchev–Trinajstić information content (AvgIpc) is 2.20. The van der Waals surface area contributed by atoms with E-state index in [1.807, 2.05) is 6.92 Å². The van der Waals surface area contributed by atoms with Crippen LogP contribution in [0.4, 0.5) is 0 Å². The Labute approximate surface area is 82.0 Å². The van der Waals surface area contributed by atoms with Crippen LogP contribution in [-0.2, 0) is 11.3 Å². The fraction of sp³-hybridized carbons (Fsp3) is 0.444. The normalized spacial score (nSPS) is 9.86. The molecule has 0 atom stereocenters. The highest BCUT2D eigenvalue weighted by Crippen LogP contribution is 1.87. The van der Waals surface area contributed by atoms with Crippen LogP contribution in [-0.4, -0.2) is 34.0 Å². The van der Waals surface area contributed by atoms with Crippen molar-refractivity contribution in [3.8, 4) is 0 Å². The fourth-order valence-electron chi connectivity index (χ4n) is 0.950. The van der Waals surface area contributed by atoms with E-state index in [1.54, 1.807) is 24.2 Å². The molecule has 1 amide bonds. The first kappa shape index (κ1) is 10.4. The van der Waals surface area contributed by atoms with E-state index in [4.69, 9.17) is 0 Å². The number of hydrogen-bond donors (Lipinski definition) is 0. The fourth-order valence-corrected chi connectivity index (χ4v) is 0.950. The molecule has 1 rings (SSSR count). The van der Waals surface area contributed by atoms with Gasteiger partial charge in [-0.3, -0.25) is 9.36 Å². The van der Waals surface area contributed by atoms with Crippen molar-refractivity contribution in [2.45, 2.75) is 13.5 Å². The summed E-state index contributed by atoms with van der Waals surface area (Å²) in [5.41, 5.74) is -0.398. The van der Waals surface area contributed by atoms with Crippen molar-refractivity contribution in [1.82, 2.24) is 14.5 Å². The van der Waals surface area contributed by atoms with Gasteiger partial charge in [0.2, 0.25) is 5.91 Å². The topological polar surface area (TPSA) is 55.2 Å². The van der Waals surface area contributed by atoms with Crippen molar-refractivity contribution in [2.24, 2.45) is 0 Å². The maximum Gasteiger partial charge on any atom is 0.347 e. The number of likely N-dealkylation sites (N-methyl/N-ethyl adjacent to an activating group) is 1. The van der Waals surface area contributed by atoms with E-state index in [1.165, 1.54) is 10.8 Å². The second kappa shape index (κ2) is 4.55. The first-order valence-electron chi connectivity index (χ1n) is 4.40. The number of hydrogen-bond acceptors (Lipinski definition) is 3. The lowest BCUT2D eigenvalue weighted by atomic mass is 10.5. The largest absolute Gasteiger partial charge is 0.347 e. The second-order valence-corrected chi connectivity index (χ2v) is 2.94. The minimum atomic E-state index is -0.398. The lowest BCUT2D eigenvalue weighted by Gasteiger charge is -2.14. The molecule has 1 heterocycles. The third-order valence-electron chi connectivity index (χ3n) is 1.99. The maximum atomic E-state index is 11.4. The SMILES string of the molecule is CCN(C)C(=O)Cn1cccnc1=O. The summed E-state index contributed by atoms with van der Waals surface area (Å²) in [6, 6.07) is 1.63. The molecule has 1 aromatic heterocycles. The summed E-state index contributed by atoms with van der Waals surface area (Å²) in [5, 5.41) is 0. The van der Waals surface area contributed by atoms with Gasteiger partial charge in [-0.1, -0.05) is 0 Å². The second-order valence-electron chi connectivity index (χ2n) is 2.94. The Morgan fingerprint density at radius 2 is 2.36 bits per heavy atom. The Kier molecular flexibility index (Phi) is 3.39. The van der Waals surface area contributed by atoms with Gasteiger partial charge in [0.15, 0.2) is 0 Å². The van der Waals surface area contributed by atoms with Gasteiger partial charge < -0.3 is 4.90 Å². The zero-order valence-electron chi connectivity index (χ0n) is 8.30. The molecule has 0 aliphatic heterocycles. The number of aromatic nitrogens is 2. The zero-order valence-corrected chi connectivity index (χ0v) is 8.30. The van der Waals surface area contributed by atoms with E-state index >= 15 is 0 Å². The molecule has 0 unspecified atom stereocenters. The Hall–Kier alpha value is -1.65. The number of carbonyl (C=O) groups is 1. The molecule has 1 aromatic rings. The molecule has 0 N–H and O–H groups in total. The molecule has 14 heavy (non-hydrogen) atoms. The number of carbonyl (C=O) groups excluding carboxylic acids is 1. The Morgan fingerprint density at radius 1 is 1.64 bits per heavy atom. The molecular weight excluding hydrogens is 182 g/mol. The molecular formula is C9H13N3O2. The summed E-state index contributed by atoms with van der Waals surface area (Å²) in [6.07, 6.45) is 2.96. The van der Waals surface area contributed by atoms with Crippen molar-refractivity contribution in [3.05, 3.63) is 28.9 Å². The monoisotopic (exact) mass is 195 g/mol. The number of rotatable bonds is 3. The predicted molar refractivity (Wildman–Crippen MR) is 51.8 cm³/mol. The van der Waals surface area contributed by atoms with Crippen LogP contribution >= 0.6 is 0 Å². The van der Waals surface area contributed by atoms with E-state index in [-0.39, 0.29) is 12.5 Å². The van der Waals surface area contributed by atoms with Crippen LogP contribution in [0.2, 0.25) is 0 Å². The molecule has 0 aromatic carbocycles. The summed E-state index contributed by atoms with van der Waals surface area (Å²) in [5.74, 6) is -0.0948. The van der Waals surface area contributed by atoms with Gasteiger partial charge >= 0.3 is 5.69 Å². The zero-order chi connectivity index (χ0) is 10.6. The van der Waals surface area contributed by atoms with Gasteiger partial charge in [-0.25, -0.2) is 9.78 Å². The minimum absolute atomic E-state index is 0.0526. The molecule has 0 aliphatic carbocycles. The van der Waals surface area contributed by atoms with E-state index in [0.717, 1.165) is 0 Å². The van der Waals surface area contributed by atoms with Crippen LogP contribution < -0.4 is 5.69 Å².